The van der Waals surface area contributed by atoms with Crippen molar-refractivity contribution in [3.8, 4) is 11.5 Å². The van der Waals surface area contributed by atoms with Crippen LogP contribution in [0.3, 0.4) is 0 Å². The maximum absolute atomic E-state index is 14.3. The van der Waals surface area contributed by atoms with E-state index in [0.29, 0.717) is 19.0 Å². The first kappa shape index (κ1) is 24.4. The van der Waals surface area contributed by atoms with Gasteiger partial charge in [-0.1, -0.05) is 18.2 Å². The smallest absolute Gasteiger partial charge is 0.128 e. The molecule has 4 N–H and O–H groups in total. The fraction of sp³-hybridized carbons (Fsp3) is 0.207. The number of para-hydroxylation sites is 1. The number of aromatic nitrogens is 1. The molecule has 2 atom stereocenters. The second-order valence-electron chi connectivity index (χ2n) is 9.41. The lowest BCUT2D eigenvalue weighted by Gasteiger charge is -2.46. The lowest BCUT2D eigenvalue weighted by molar-refractivity contribution is 0.285. The number of halogens is 1. The highest BCUT2D eigenvalue weighted by Crippen LogP contribution is 2.44. The van der Waals surface area contributed by atoms with Gasteiger partial charge in [-0.15, -0.1) is 11.3 Å². The zero-order valence-electron chi connectivity index (χ0n) is 20.7. The van der Waals surface area contributed by atoms with Crippen LogP contribution in [0.25, 0.3) is 5.57 Å². The molecule has 2 aliphatic heterocycles. The van der Waals surface area contributed by atoms with Gasteiger partial charge in [0.2, 0.25) is 0 Å². The highest BCUT2D eigenvalue weighted by atomic mass is 32.1. The summed E-state index contributed by atoms with van der Waals surface area (Å²) in [6.07, 6.45) is 2.94. The van der Waals surface area contributed by atoms with Gasteiger partial charge in [-0.2, -0.15) is 0 Å². The Kier molecular flexibility index (Phi) is 6.27. The molecule has 0 saturated heterocycles. The van der Waals surface area contributed by atoms with Gasteiger partial charge >= 0.3 is 0 Å². The number of fused-ring (bicyclic) bond motifs is 2. The third kappa shape index (κ3) is 4.18. The standard InChI is InChI=1S/C29H27FN4O3S/c1-17(24-15-37-26-5-3-2-4-23(26)28(24)27-7-6-21(14-35)38-27)33-16-34(19-10-18(30)11-20(36)12-19)29(31)22-8-9-32-13-25(22)33/h2-13,17,29,35-36H,14-16,31H2,1H3. The first-order valence-corrected chi connectivity index (χ1v) is 13.1. The van der Waals surface area contributed by atoms with Gasteiger partial charge in [0.25, 0.3) is 0 Å². The summed E-state index contributed by atoms with van der Waals surface area (Å²) in [5.74, 6) is 0.121. The molecule has 0 fully saturated rings. The fourth-order valence-corrected chi connectivity index (χ4v) is 6.25. The van der Waals surface area contributed by atoms with E-state index in [-0.39, 0.29) is 18.4 Å². The van der Waals surface area contributed by atoms with Gasteiger partial charge in [0, 0.05) is 50.5 Å². The van der Waals surface area contributed by atoms with Crippen molar-refractivity contribution in [2.45, 2.75) is 25.7 Å². The number of aliphatic hydroxyl groups is 1. The minimum Gasteiger partial charge on any atom is -0.508 e. The molecule has 6 rings (SSSR count). The van der Waals surface area contributed by atoms with E-state index in [1.807, 2.05) is 41.3 Å². The van der Waals surface area contributed by atoms with Crippen molar-refractivity contribution in [3.05, 3.63) is 105 Å². The Labute approximate surface area is 223 Å². The van der Waals surface area contributed by atoms with Crippen LogP contribution in [0.5, 0.6) is 11.5 Å². The van der Waals surface area contributed by atoms with E-state index in [9.17, 15) is 14.6 Å². The molecule has 194 valence electrons. The van der Waals surface area contributed by atoms with Crippen LogP contribution in [0, 0.1) is 5.82 Å². The first-order valence-electron chi connectivity index (χ1n) is 12.3. The van der Waals surface area contributed by atoms with Gasteiger partial charge in [-0.25, -0.2) is 4.39 Å². The van der Waals surface area contributed by atoms with E-state index in [2.05, 4.69) is 22.9 Å². The van der Waals surface area contributed by atoms with Crippen LogP contribution in [0.1, 0.15) is 34.0 Å². The number of thiophene rings is 1. The van der Waals surface area contributed by atoms with Gasteiger partial charge in [-0.05, 0) is 42.8 Å². The largest absolute Gasteiger partial charge is 0.508 e. The van der Waals surface area contributed by atoms with E-state index < -0.39 is 12.0 Å². The normalized spacial score (nSPS) is 17.6. The zero-order chi connectivity index (χ0) is 26.4. The predicted molar refractivity (Wildman–Crippen MR) is 147 cm³/mol. The summed E-state index contributed by atoms with van der Waals surface area (Å²) in [6.45, 7) is 2.83. The Hall–Kier alpha value is -3.92. The fourth-order valence-electron chi connectivity index (χ4n) is 5.29. The van der Waals surface area contributed by atoms with Crippen molar-refractivity contribution in [1.29, 1.82) is 0 Å². The third-order valence-electron chi connectivity index (χ3n) is 7.20. The monoisotopic (exact) mass is 530 g/mol. The van der Waals surface area contributed by atoms with Crippen molar-refractivity contribution in [3.63, 3.8) is 0 Å². The minimum atomic E-state index is -0.557. The summed E-state index contributed by atoms with van der Waals surface area (Å²) in [5.41, 5.74) is 12.0. The topological polar surface area (TPSA) is 95.1 Å². The molecule has 0 radical (unpaired) electrons. The van der Waals surface area contributed by atoms with Gasteiger partial charge < -0.3 is 30.5 Å². The first-order chi connectivity index (χ1) is 18.4. The SMILES string of the molecule is CC(C1=C(c2ccc(CO)s2)c2ccccc2OC1)N1CN(c2cc(O)cc(F)c2)C(N)c2ccncc21. The van der Waals surface area contributed by atoms with Gasteiger partial charge in [-0.3, -0.25) is 4.98 Å². The van der Waals surface area contributed by atoms with Gasteiger partial charge in [0.05, 0.1) is 31.2 Å². The Bertz CT molecular complexity index is 1520. The number of anilines is 2. The highest BCUT2D eigenvalue weighted by Gasteiger charge is 2.36. The molecule has 4 heterocycles. The Balaban J connectivity index is 1.49. The van der Waals surface area contributed by atoms with E-state index in [1.54, 1.807) is 23.7 Å². The molecule has 4 aromatic rings. The second-order valence-corrected chi connectivity index (χ2v) is 10.6. The molecule has 0 amide bonds. The summed E-state index contributed by atoms with van der Waals surface area (Å²) in [4.78, 5) is 10.4. The average molecular weight is 531 g/mol. The number of rotatable bonds is 5. The van der Waals surface area contributed by atoms with Crippen LogP contribution in [-0.4, -0.2) is 34.5 Å². The summed E-state index contributed by atoms with van der Waals surface area (Å²) < 4.78 is 20.5. The Morgan fingerprint density at radius 2 is 2.03 bits per heavy atom. The highest BCUT2D eigenvalue weighted by molar-refractivity contribution is 7.13. The summed E-state index contributed by atoms with van der Waals surface area (Å²) in [6, 6.07) is 17.7. The number of aromatic hydroxyl groups is 1. The van der Waals surface area contributed by atoms with Gasteiger partial charge in [0.15, 0.2) is 0 Å². The number of phenolic OH excluding ortho intramolecular Hbond substituents is 1. The molecule has 2 aliphatic rings. The molecule has 0 saturated carbocycles. The van der Waals surface area contributed by atoms with Gasteiger partial charge in [0.1, 0.15) is 30.1 Å². The Morgan fingerprint density at radius 3 is 2.82 bits per heavy atom. The van der Waals surface area contributed by atoms with Crippen molar-refractivity contribution < 1.29 is 19.3 Å². The number of pyridine rings is 1. The molecule has 0 bridgehead atoms. The number of ether oxygens (including phenoxy) is 1. The predicted octanol–water partition coefficient (Wildman–Crippen LogP) is 5.00. The van der Waals surface area contributed by atoms with Crippen LogP contribution in [-0.2, 0) is 6.61 Å². The second kappa shape index (κ2) is 9.75. The van der Waals surface area contributed by atoms with E-state index in [0.717, 1.165) is 49.5 Å². The number of nitrogens with zero attached hydrogens (tertiary/aromatic N) is 3. The Morgan fingerprint density at radius 1 is 1.18 bits per heavy atom. The van der Waals surface area contributed by atoms with Crippen LogP contribution in [0.15, 0.2) is 78.6 Å². The number of hydrogen-bond donors (Lipinski definition) is 3. The molecule has 7 nitrogen and oxygen atoms in total. The molecule has 0 spiro atoms. The molecule has 2 unspecified atom stereocenters. The maximum Gasteiger partial charge on any atom is 0.128 e. The molecule has 9 heteroatoms. The van der Waals surface area contributed by atoms with Crippen LogP contribution in [0.2, 0.25) is 0 Å². The molecular weight excluding hydrogens is 503 g/mol. The molecule has 38 heavy (non-hydrogen) atoms. The summed E-state index contributed by atoms with van der Waals surface area (Å²) in [5, 5.41) is 19.8. The maximum atomic E-state index is 14.3. The molecule has 0 aliphatic carbocycles. The van der Waals surface area contributed by atoms with E-state index in [1.165, 1.54) is 12.1 Å². The average Bonchev–Trinajstić information content (AvgIpc) is 3.41. The lowest BCUT2D eigenvalue weighted by atomic mass is 9.91. The number of aliphatic hydroxyl groups excluding tert-OH is 1. The molecule has 2 aromatic carbocycles. The summed E-state index contributed by atoms with van der Waals surface area (Å²) >= 11 is 1.56. The minimum absolute atomic E-state index is 0.0144. The van der Waals surface area contributed by atoms with Crippen LogP contribution >= 0.6 is 11.3 Å². The summed E-state index contributed by atoms with van der Waals surface area (Å²) in [7, 11) is 0. The number of nitrogens with two attached hydrogens (primary N) is 1. The quantitative estimate of drug-likeness (QED) is 0.334. The van der Waals surface area contributed by atoms with Crippen LogP contribution < -0.4 is 20.3 Å². The number of hydrogen-bond acceptors (Lipinski definition) is 8. The van der Waals surface area contributed by atoms with Crippen molar-refractivity contribution in [2.75, 3.05) is 23.1 Å². The third-order valence-corrected chi connectivity index (χ3v) is 8.28. The number of phenols is 1. The van der Waals surface area contributed by atoms with E-state index in [4.69, 9.17) is 10.5 Å². The molecular formula is C29H27FN4O3S. The van der Waals surface area contributed by atoms with Crippen LogP contribution in [0.4, 0.5) is 15.8 Å². The van der Waals surface area contributed by atoms with E-state index >= 15 is 0 Å². The van der Waals surface area contributed by atoms with Crippen molar-refractivity contribution in [1.82, 2.24) is 4.98 Å². The zero-order valence-corrected chi connectivity index (χ0v) is 21.5. The van der Waals surface area contributed by atoms with Crippen molar-refractivity contribution in [2.24, 2.45) is 5.73 Å². The lowest BCUT2D eigenvalue weighted by Crippen LogP contribution is -2.52. The number of benzene rings is 2. The molecule has 2 aromatic heterocycles. The van der Waals surface area contributed by atoms with Crippen molar-refractivity contribution >= 4 is 28.3 Å².